The maximum atomic E-state index is 13.1. The Morgan fingerprint density at radius 2 is 1.90 bits per heavy atom. The standard InChI is InChI=1S/C22H24ClN3O2S/c1-16-4-2-3-13-26(16)29(27,28)20-10-11-21-18(14-20)7-12-22(25-21)24-15-17-5-8-19(23)9-6-17/h5-12,14,16H,2-4,13,15H2,1H3,(H,24,25). The molecule has 4 rings (SSSR count). The highest BCUT2D eigenvalue weighted by Crippen LogP contribution is 2.27. The quantitative estimate of drug-likeness (QED) is 0.615. The van der Waals surface area contributed by atoms with Crippen LogP contribution in [-0.4, -0.2) is 30.3 Å². The lowest BCUT2D eigenvalue weighted by atomic mass is 10.1. The minimum absolute atomic E-state index is 0.0435. The molecule has 0 saturated carbocycles. The molecule has 1 aliphatic heterocycles. The van der Waals surface area contributed by atoms with E-state index in [1.165, 1.54) is 0 Å². The SMILES string of the molecule is CC1CCCCN1S(=O)(=O)c1ccc2nc(NCc3ccc(Cl)cc3)ccc2c1. The summed E-state index contributed by atoms with van der Waals surface area (Å²) in [5.41, 5.74) is 1.87. The van der Waals surface area contributed by atoms with Crippen LogP contribution < -0.4 is 5.32 Å². The smallest absolute Gasteiger partial charge is 0.243 e. The number of sulfonamides is 1. The zero-order valence-electron chi connectivity index (χ0n) is 16.3. The fourth-order valence-corrected chi connectivity index (χ4v) is 5.58. The van der Waals surface area contributed by atoms with Crippen LogP contribution in [0.4, 0.5) is 5.82 Å². The molecule has 1 aromatic heterocycles. The summed E-state index contributed by atoms with van der Waals surface area (Å²) in [6.07, 6.45) is 2.92. The zero-order valence-corrected chi connectivity index (χ0v) is 17.9. The number of nitrogens with zero attached hydrogens (tertiary/aromatic N) is 2. The van der Waals surface area contributed by atoms with Crippen LogP contribution >= 0.6 is 11.6 Å². The van der Waals surface area contributed by atoms with Gasteiger partial charge in [0.15, 0.2) is 0 Å². The van der Waals surface area contributed by atoms with Gasteiger partial charge in [-0.25, -0.2) is 13.4 Å². The molecule has 1 aliphatic rings. The molecule has 0 amide bonds. The third kappa shape index (κ3) is 4.39. The van der Waals surface area contributed by atoms with Crippen LogP contribution in [0.3, 0.4) is 0 Å². The molecule has 1 unspecified atom stereocenters. The average molecular weight is 430 g/mol. The molecule has 1 N–H and O–H groups in total. The van der Waals surface area contributed by atoms with Gasteiger partial charge in [-0.1, -0.05) is 30.2 Å². The molecular weight excluding hydrogens is 406 g/mol. The van der Waals surface area contributed by atoms with Crippen molar-refractivity contribution < 1.29 is 8.42 Å². The molecule has 0 aliphatic carbocycles. The summed E-state index contributed by atoms with van der Waals surface area (Å²) < 4.78 is 27.8. The number of nitrogens with one attached hydrogen (secondary N) is 1. The summed E-state index contributed by atoms with van der Waals surface area (Å²) in [6.45, 7) is 3.21. The van der Waals surface area contributed by atoms with Crippen molar-refractivity contribution >= 4 is 38.3 Å². The number of piperidine rings is 1. The van der Waals surface area contributed by atoms with E-state index in [0.29, 0.717) is 23.0 Å². The first-order chi connectivity index (χ1) is 13.9. The Kier molecular flexibility index (Phi) is 5.76. The van der Waals surface area contributed by atoms with Gasteiger partial charge in [0.1, 0.15) is 5.82 Å². The summed E-state index contributed by atoms with van der Waals surface area (Å²) >= 11 is 5.92. The summed E-state index contributed by atoms with van der Waals surface area (Å²) in [7, 11) is -3.48. The number of anilines is 1. The molecular formula is C22H24ClN3O2S. The molecule has 7 heteroatoms. The van der Waals surface area contributed by atoms with Gasteiger partial charge in [0.25, 0.3) is 0 Å². The Hall–Kier alpha value is -2.15. The number of pyridine rings is 1. The highest BCUT2D eigenvalue weighted by molar-refractivity contribution is 7.89. The molecule has 3 aromatic rings. The Morgan fingerprint density at radius 3 is 2.66 bits per heavy atom. The molecule has 0 spiro atoms. The van der Waals surface area contributed by atoms with E-state index in [9.17, 15) is 8.42 Å². The molecule has 152 valence electrons. The monoisotopic (exact) mass is 429 g/mol. The van der Waals surface area contributed by atoms with E-state index in [2.05, 4.69) is 10.3 Å². The maximum Gasteiger partial charge on any atom is 0.243 e. The Morgan fingerprint density at radius 1 is 1.10 bits per heavy atom. The fourth-order valence-electron chi connectivity index (χ4n) is 3.72. The average Bonchev–Trinajstić information content (AvgIpc) is 2.73. The van der Waals surface area contributed by atoms with Gasteiger partial charge in [0.2, 0.25) is 10.0 Å². The second kappa shape index (κ2) is 8.30. The number of fused-ring (bicyclic) bond motifs is 1. The molecule has 2 aromatic carbocycles. The summed E-state index contributed by atoms with van der Waals surface area (Å²) in [6, 6.07) is 16.6. The third-order valence-corrected chi connectivity index (χ3v) is 7.66. The van der Waals surface area contributed by atoms with Crippen molar-refractivity contribution in [1.82, 2.24) is 9.29 Å². The highest BCUT2D eigenvalue weighted by Gasteiger charge is 2.31. The van der Waals surface area contributed by atoms with E-state index in [1.807, 2.05) is 43.3 Å². The van der Waals surface area contributed by atoms with Gasteiger partial charge in [0.05, 0.1) is 10.4 Å². The maximum absolute atomic E-state index is 13.1. The molecule has 29 heavy (non-hydrogen) atoms. The number of aromatic nitrogens is 1. The normalized spacial score (nSPS) is 18.1. The Balaban J connectivity index is 1.54. The van der Waals surface area contributed by atoms with Crippen LogP contribution in [0.25, 0.3) is 10.9 Å². The summed E-state index contributed by atoms with van der Waals surface area (Å²) in [5.74, 6) is 0.743. The first kappa shape index (κ1) is 20.1. The van der Waals surface area contributed by atoms with Crippen molar-refractivity contribution in [3.05, 3.63) is 65.2 Å². The van der Waals surface area contributed by atoms with Crippen molar-refractivity contribution in [2.45, 2.75) is 43.7 Å². The minimum Gasteiger partial charge on any atom is -0.366 e. The predicted molar refractivity (Wildman–Crippen MR) is 118 cm³/mol. The largest absolute Gasteiger partial charge is 0.366 e. The molecule has 1 saturated heterocycles. The third-order valence-electron chi connectivity index (χ3n) is 5.40. The Bertz CT molecular complexity index is 1120. The number of hydrogen-bond donors (Lipinski definition) is 1. The van der Waals surface area contributed by atoms with E-state index in [0.717, 1.165) is 41.5 Å². The second-order valence-corrected chi connectivity index (χ2v) is 9.82. The van der Waals surface area contributed by atoms with Crippen LogP contribution in [0.2, 0.25) is 5.02 Å². The van der Waals surface area contributed by atoms with E-state index < -0.39 is 10.0 Å². The van der Waals surface area contributed by atoms with Gasteiger partial charge in [-0.2, -0.15) is 4.31 Å². The van der Waals surface area contributed by atoms with E-state index in [4.69, 9.17) is 11.6 Å². The van der Waals surface area contributed by atoms with Crippen molar-refractivity contribution in [2.24, 2.45) is 0 Å². The van der Waals surface area contributed by atoms with Crippen LogP contribution in [0, 0.1) is 0 Å². The van der Waals surface area contributed by atoms with Gasteiger partial charge >= 0.3 is 0 Å². The molecule has 0 bridgehead atoms. The first-order valence-corrected chi connectivity index (χ1v) is 11.7. The predicted octanol–water partition coefficient (Wildman–Crippen LogP) is 5.06. The number of hydrogen-bond acceptors (Lipinski definition) is 4. The van der Waals surface area contributed by atoms with E-state index in [-0.39, 0.29) is 6.04 Å². The van der Waals surface area contributed by atoms with Crippen molar-refractivity contribution in [1.29, 1.82) is 0 Å². The highest BCUT2D eigenvalue weighted by atomic mass is 35.5. The van der Waals surface area contributed by atoms with Gasteiger partial charge < -0.3 is 5.32 Å². The second-order valence-electron chi connectivity index (χ2n) is 7.49. The van der Waals surface area contributed by atoms with Crippen molar-refractivity contribution in [2.75, 3.05) is 11.9 Å². The molecule has 1 fully saturated rings. The van der Waals surface area contributed by atoms with Gasteiger partial charge in [-0.3, -0.25) is 0 Å². The first-order valence-electron chi connectivity index (χ1n) is 9.84. The lowest BCUT2D eigenvalue weighted by Gasteiger charge is -2.32. The number of benzene rings is 2. The lowest BCUT2D eigenvalue weighted by Crippen LogP contribution is -2.41. The summed E-state index contributed by atoms with van der Waals surface area (Å²) in [4.78, 5) is 4.95. The van der Waals surface area contributed by atoms with Crippen LogP contribution in [0.15, 0.2) is 59.5 Å². The van der Waals surface area contributed by atoms with Crippen molar-refractivity contribution in [3.63, 3.8) is 0 Å². The molecule has 5 nitrogen and oxygen atoms in total. The van der Waals surface area contributed by atoms with E-state index >= 15 is 0 Å². The van der Waals surface area contributed by atoms with Crippen LogP contribution in [0.1, 0.15) is 31.7 Å². The molecule has 1 atom stereocenters. The van der Waals surface area contributed by atoms with Crippen LogP contribution in [-0.2, 0) is 16.6 Å². The fraction of sp³-hybridized carbons (Fsp3) is 0.318. The van der Waals surface area contributed by atoms with Crippen molar-refractivity contribution in [3.8, 4) is 0 Å². The lowest BCUT2D eigenvalue weighted by molar-refractivity contribution is 0.268. The zero-order chi connectivity index (χ0) is 20.4. The number of rotatable bonds is 5. The Labute approximate surface area is 176 Å². The topological polar surface area (TPSA) is 62.3 Å². The summed E-state index contributed by atoms with van der Waals surface area (Å²) in [5, 5.41) is 4.82. The molecule has 0 radical (unpaired) electrons. The number of halogens is 1. The molecule has 2 heterocycles. The van der Waals surface area contributed by atoms with Gasteiger partial charge in [0, 0.05) is 29.5 Å². The van der Waals surface area contributed by atoms with E-state index in [1.54, 1.807) is 22.5 Å². The minimum atomic E-state index is -3.48. The van der Waals surface area contributed by atoms with Gasteiger partial charge in [-0.15, -0.1) is 0 Å². The van der Waals surface area contributed by atoms with Crippen LogP contribution in [0.5, 0.6) is 0 Å². The van der Waals surface area contributed by atoms with Gasteiger partial charge in [-0.05, 0) is 67.8 Å².